The van der Waals surface area contributed by atoms with Crippen molar-refractivity contribution >= 4 is 32.4 Å². The molecule has 0 amide bonds. The first-order chi connectivity index (χ1) is 7.90. The lowest BCUT2D eigenvalue weighted by atomic mass is 10.5. The normalized spacial score (nSPS) is 10.9. The number of aromatic nitrogens is 1. The molecule has 0 aliphatic heterocycles. The van der Waals surface area contributed by atoms with Crippen molar-refractivity contribution in [1.82, 2.24) is 4.98 Å². The van der Waals surface area contributed by atoms with Crippen LogP contribution in [0.15, 0.2) is 27.2 Å². The lowest BCUT2D eigenvalue weighted by Crippen LogP contribution is -2.68. The summed E-state index contributed by atoms with van der Waals surface area (Å²) in [5.41, 5.74) is 0. The van der Waals surface area contributed by atoms with Crippen molar-refractivity contribution in [2.75, 3.05) is 6.26 Å². The molecule has 0 radical (unpaired) electrons. The van der Waals surface area contributed by atoms with E-state index in [1.807, 2.05) is 18.4 Å². The van der Waals surface area contributed by atoms with Crippen molar-refractivity contribution in [2.45, 2.75) is 4.34 Å². The average molecular weight is 316 g/mol. The summed E-state index contributed by atoms with van der Waals surface area (Å²) >= 11 is 1.66. The Morgan fingerprint density at radius 3 is 2.47 bits per heavy atom. The van der Waals surface area contributed by atoms with Crippen LogP contribution in [0.1, 0.15) is 0 Å². The summed E-state index contributed by atoms with van der Waals surface area (Å²) in [4.78, 5) is 4.38. The molecule has 6 nitrogen and oxygen atoms in total. The first-order valence-electron chi connectivity index (χ1n) is 3.90. The minimum Gasteiger partial charge on any atom is -0.462 e. The van der Waals surface area contributed by atoms with Crippen LogP contribution in [0.5, 0.6) is 0 Å². The molecule has 0 spiro atoms. The van der Waals surface area contributed by atoms with Gasteiger partial charge in [-0.25, -0.2) is 18.6 Å². The summed E-state index contributed by atoms with van der Waals surface area (Å²) in [6.45, 7) is 0. The molecule has 0 bridgehead atoms. The summed E-state index contributed by atoms with van der Waals surface area (Å²) in [5.74, 6) is 0.858. The van der Waals surface area contributed by atoms with E-state index in [2.05, 4.69) is 4.98 Å². The molecule has 2 aromatic heterocycles. The fraction of sp³-hybridized carbons (Fsp3) is 0.143. The standard InChI is InChI=1S/C7H6NOS3.ClHO4/c1-10-7-8-6(11-12-7)5-3-2-4-9-5;2-1(3,4)5/h2-4H,1H3;(H,2,3,4,5)/q+1;/p-1. The highest BCUT2D eigenvalue weighted by Crippen LogP contribution is 2.32. The molecule has 94 valence electrons. The summed E-state index contributed by atoms with van der Waals surface area (Å²) in [6.07, 6.45) is 3.69. The minimum absolute atomic E-state index is 0.858. The van der Waals surface area contributed by atoms with Crippen LogP contribution in [-0.4, -0.2) is 11.2 Å². The molecule has 2 rings (SSSR count). The van der Waals surface area contributed by atoms with Gasteiger partial charge in [-0.3, -0.25) is 0 Å². The van der Waals surface area contributed by atoms with Crippen LogP contribution >= 0.6 is 32.4 Å². The van der Waals surface area contributed by atoms with Crippen LogP contribution in [0.3, 0.4) is 0 Å². The molecule has 0 aromatic carbocycles. The second-order valence-electron chi connectivity index (χ2n) is 2.41. The van der Waals surface area contributed by atoms with E-state index in [1.54, 1.807) is 38.7 Å². The summed E-state index contributed by atoms with van der Waals surface area (Å²) in [7, 11) is -1.62. The third kappa shape index (κ3) is 6.29. The highest BCUT2D eigenvalue weighted by Gasteiger charge is 2.17. The Morgan fingerprint density at radius 1 is 1.41 bits per heavy atom. The maximum absolute atomic E-state index is 8.49. The van der Waals surface area contributed by atoms with Crippen molar-refractivity contribution in [2.24, 2.45) is 0 Å². The van der Waals surface area contributed by atoms with Crippen LogP contribution in [-0.2, 0) is 0 Å². The van der Waals surface area contributed by atoms with Gasteiger partial charge in [-0.2, -0.15) is 4.98 Å². The molecule has 17 heavy (non-hydrogen) atoms. The summed E-state index contributed by atoms with van der Waals surface area (Å²) in [5, 5.41) is 0.967. The van der Waals surface area contributed by atoms with Gasteiger partial charge in [0.05, 0.1) is 6.26 Å². The second-order valence-corrected chi connectivity index (χ2v) is 6.32. The number of hydrogen-bond acceptors (Lipinski definition) is 8. The maximum atomic E-state index is 8.49. The van der Waals surface area contributed by atoms with E-state index in [1.165, 1.54) is 0 Å². The predicted molar refractivity (Wildman–Crippen MR) is 53.9 cm³/mol. The van der Waals surface area contributed by atoms with Crippen molar-refractivity contribution < 1.29 is 33.3 Å². The van der Waals surface area contributed by atoms with E-state index >= 15 is 0 Å². The van der Waals surface area contributed by atoms with Gasteiger partial charge in [0, 0.05) is 0 Å². The highest BCUT2D eigenvalue weighted by atomic mass is 35.7. The van der Waals surface area contributed by atoms with Gasteiger partial charge in [0.2, 0.25) is 5.01 Å². The lowest BCUT2D eigenvalue weighted by molar-refractivity contribution is -2.00. The molecule has 10 heteroatoms. The number of halogens is 1. The summed E-state index contributed by atoms with van der Waals surface area (Å²) < 4.78 is 40.3. The van der Waals surface area contributed by atoms with E-state index in [0.29, 0.717) is 0 Å². The van der Waals surface area contributed by atoms with Gasteiger partial charge >= 0.3 is 14.7 Å². The Labute approximate surface area is 110 Å². The molecule has 0 saturated carbocycles. The Balaban J connectivity index is 0.000000249. The van der Waals surface area contributed by atoms with E-state index in [0.717, 1.165) is 15.1 Å². The summed E-state index contributed by atoms with van der Waals surface area (Å²) in [6, 6.07) is 3.80. The van der Waals surface area contributed by atoms with Crippen molar-refractivity contribution in [3.63, 3.8) is 0 Å². The molecule has 0 aliphatic rings. The van der Waals surface area contributed by atoms with Gasteiger partial charge in [0.15, 0.2) is 16.1 Å². The van der Waals surface area contributed by atoms with Gasteiger partial charge in [-0.1, -0.05) is 0 Å². The van der Waals surface area contributed by atoms with Crippen LogP contribution in [0.2, 0.25) is 0 Å². The van der Waals surface area contributed by atoms with E-state index in [-0.39, 0.29) is 0 Å². The van der Waals surface area contributed by atoms with Crippen LogP contribution in [0.25, 0.3) is 10.8 Å². The van der Waals surface area contributed by atoms with Gasteiger partial charge in [-0.15, -0.1) is 10.2 Å². The lowest BCUT2D eigenvalue weighted by Gasteiger charge is -2.17. The fourth-order valence-electron chi connectivity index (χ4n) is 0.771. The molecule has 2 heterocycles. The third-order valence-corrected chi connectivity index (χ3v) is 4.76. The zero-order valence-electron chi connectivity index (χ0n) is 8.32. The first kappa shape index (κ1) is 14.8. The second kappa shape index (κ2) is 6.61. The molecule has 0 fully saturated rings. The third-order valence-electron chi connectivity index (χ3n) is 1.29. The van der Waals surface area contributed by atoms with Crippen LogP contribution in [0, 0.1) is 10.2 Å². The minimum atomic E-state index is -4.94. The molecule has 0 N–H and O–H groups in total. The van der Waals surface area contributed by atoms with Gasteiger partial charge < -0.3 is 4.42 Å². The van der Waals surface area contributed by atoms with E-state index < -0.39 is 10.2 Å². The zero-order valence-corrected chi connectivity index (χ0v) is 11.5. The molecule has 0 saturated heterocycles. The highest BCUT2D eigenvalue weighted by molar-refractivity contribution is 8.02. The number of hydrogen-bond donors (Lipinski definition) is 0. The van der Waals surface area contributed by atoms with Crippen molar-refractivity contribution in [3.8, 4) is 10.8 Å². The SMILES string of the molecule is CSc1nc(-c2ccco2)s[s+]1.[O-][Cl+3]([O-])([O-])[O-]. The monoisotopic (exact) mass is 315 g/mol. The molecule has 0 aliphatic carbocycles. The quantitative estimate of drug-likeness (QED) is 0.384. The number of nitrogens with zero attached hydrogens (tertiary/aromatic N) is 1. The average Bonchev–Trinajstić information content (AvgIpc) is 2.86. The number of thioether (sulfide) groups is 1. The number of rotatable bonds is 2. The van der Waals surface area contributed by atoms with Crippen LogP contribution in [0.4, 0.5) is 0 Å². The Hall–Kier alpha value is -0.260. The zero-order chi connectivity index (χ0) is 12.9. The Morgan fingerprint density at radius 2 is 2.06 bits per heavy atom. The van der Waals surface area contributed by atoms with E-state index in [4.69, 9.17) is 23.1 Å². The van der Waals surface area contributed by atoms with Crippen molar-refractivity contribution in [3.05, 3.63) is 18.4 Å². The maximum Gasteiger partial charge on any atom is 0.376 e. The first-order valence-corrected chi connectivity index (χ1v) is 8.51. The molecule has 2 aromatic rings. The molecule has 0 unspecified atom stereocenters. The smallest absolute Gasteiger partial charge is 0.376 e. The van der Waals surface area contributed by atoms with Gasteiger partial charge in [0.1, 0.15) is 0 Å². The molecular weight excluding hydrogens is 310 g/mol. The Bertz CT molecular complexity index is 435. The number of furan rings is 1. The largest absolute Gasteiger partial charge is 0.462 e. The van der Waals surface area contributed by atoms with Gasteiger partial charge in [0.25, 0.3) is 0 Å². The Kier molecular flexibility index (Phi) is 5.76. The van der Waals surface area contributed by atoms with Crippen molar-refractivity contribution in [1.29, 1.82) is 0 Å². The van der Waals surface area contributed by atoms with Gasteiger partial charge in [-0.05, 0) is 30.2 Å². The topological polar surface area (TPSA) is 118 Å². The molecule has 0 atom stereocenters. The predicted octanol–water partition coefficient (Wildman–Crippen LogP) is -1.29. The molecular formula is C7H6ClNO5S3. The van der Waals surface area contributed by atoms with E-state index in [9.17, 15) is 0 Å². The fourth-order valence-corrected chi connectivity index (χ4v) is 3.79. The van der Waals surface area contributed by atoms with Crippen LogP contribution < -0.4 is 18.6 Å².